The van der Waals surface area contributed by atoms with Gasteiger partial charge in [0.15, 0.2) is 0 Å². The van der Waals surface area contributed by atoms with Crippen LogP contribution in [0.15, 0.2) is 6.07 Å². The molecule has 2 N–H and O–H groups in total. The first kappa shape index (κ1) is 11.1. The van der Waals surface area contributed by atoms with Crippen LogP contribution in [0.4, 0.5) is 0 Å². The van der Waals surface area contributed by atoms with Gasteiger partial charge in [0.05, 0.1) is 0 Å². The van der Waals surface area contributed by atoms with Crippen molar-refractivity contribution < 1.29 is 0 Å². The summed E-state index contributed by atoms with van der Waals surface area (Å²) in [6, 6.07) is 3.50. The molecule has 1 aliphatic rings. The molecule has 1 saturated carbocycles. The average Bonchev–Trinajstić information content (AvgIpc) is 2.95. The minimum absolute atomic E-state index is 0.419. The van der Waals surface area contributed by atoms with E-state index >= 15 is 0 Å². The SMILES string of the molecule is Cc1cc(C(CN)N(C)C2CC2)c(C)s1. The Morgan fingerprint density at radius 2 is 2.20 bits per heavy atom. The van der Waals surface area contributed by atoms with Crippen LogP contribution < -0.4 is 5.73 Å². The Morgan fingerprint density at radius 1 is 1.53 bits per heavy atom. The number of aryl methyl sites for hydroxylation is 2. The average molecular weight is 224 g/mol. The van der Waals surface area contributed by atoms with Crippen molar-refractivity contribution >= 4 is 11.3 Å². The number of likely N-dealkylation sites (N-methyl/N-ethyl adjacent to an activating group) is 1. The molecule has 3 heteroatoms. The number of rotatable bonds is 4. The molecule has 84 valence electrons. The molecule has 1 heterocycles. The lowest BCUT2D eigenvalue weighted by Gasteiger charge is -2.27. The van der Waals surface area contributed by atoms with Crippen LogP contribution in [0.1, 0.15) is 34.2 Å². The summed E-state index contributed by atoms with van der Waals surface area (Å²) in [5, 5.41) is 0. The van der Waals surface area contributed by atoms with Gasteiger partial charge in [0, 0.05) is 28.4 Å². The number of hydrogen-bond acceptors (Lipinski definition) is 3. The highest BCUT2D eigenvalue weighted by molar-refractivity contribution is 7.12. The van der Waals surface area contributed by atoms with E-state index in [9.17, 15) is 0 Å². The molecule has 0 aliphatic heterocycles. The second-order valence-corrected chi connectivity index (χ2v) is 5.98. The molecule has 0 spiro atoms. The summed E-state index contributed by atoms with van der Waals surface area (Å²) in [5.74, 6) is 0. The molecule has 0 radical (unpaired) electrons. The van der Waals surface area contributed by atoms with Crippen LogP contribution in [0.25, 0.3) is 0 Å². The number of nitrogens with zero attached hydrogens (tertiary/aromatic N) is 1. The molecule has 15 heavy (non-hydrogen) atoms. The second-order valence-electron chi connectivity index (χ2n) is 4.52. The van der Waals surface area contributed by atoms with E-state index < -0.39 is 0 Å². The highest BCUT2D eigenvalue weighted by Crippen LogP contribution is 2.35. The molecular weight excluding hydrogens is 204 g/mol. The standard InChI is InChI=1S/C12H20N2S/c1-8-6-11(9(2)15-8)12(7-13)14(3)10-4-5-10/h6,10,12H,4-5,7,13H2,1-3H3. The zero-order valence-corrected chi connectivity index (χ0v) is 10.6. The Morgan fingerprint density at radius 3 is 2.60 bits per heavy atom. The van der Waals surface area contributed by atoms with Gasteiger partial charge in [-0.15, -0.1) is 11.3 Å². The lowest BCUT2D eigenvalue weighted by Crippen LogP contribution is -2.32. The van der Waals surface area contributed by atoms with Gasteiger partial charge in [-0.3, -0.25) is 4.90 Å². The number of hydrogen-bond donors (Lipinski definition) is 1. The van der Waals surface area contributed by atoms with Crippen LogP contribution in [0.3, 0.4) is 0 Å². The summed E-state index contributed by atoms with van der Waals surface area (Å²) in [7, 11) is 2.21. The molecular formula is C12H20N2S. The van der Waals surface area contributed by atoms with E-state index in [2.05, 4.69) is 31.9 Å². The molecule has 1 unspecified atom stereocenters. The Balaban J connectivity index is 2.21. The first-order valence-corrected chi connectivity index (χ1v) is 6.44. The third-order valence-electron chi connectivity index (χ3n) is 3.28. The molecule has 2 rings (SSSR count). The maximum absolute atomic E-state index is 5.91. The lowest BCUT2D eigenvalue weighted by atomic mass is 10.1. The minimum atomic E-state index is 0.419. The molecule has 0 bridgehead atoms. The van der Waals surface area contributed by atoms with Crippen molar-refractivity contribution in [1.82, 2.24) is 4.90 Å². The number of nitrogens with two attached hydrogens (primary N) is 1. The summed E-state index contributed by atoms with van der Waals surface area (Å²) in [6.07, 6.45) is 2.68. The maximum atomic E-state index is 5.91. The fourth-order valence-corrected chi connectivity index (χ4v) is 3.21. The first-order chi connectivity index (χ1) is 7.13. The third kappa shape index (κ3) is 2.25. The van der Waals surface area contributed by atoms with Gasteiger partial charge in [-0.05, 0) is 45.4 Å². The van der Waals surface area contributed by atoms with Gasteiger partial charge in [0.2, 0.25) is 0 Å². The predicted octanol–water partition coefficient (Wildman–Crippen LogP) is 2.46. The first-order valence-electron chi connectivity index (χ1n) is 5.62. The monoisotopic (exact) mass is 224 g/mol. The molecule has 1 aliphatic carbocycles. The highest BCUT2D eigenvalue weighted by atomic mass is 32.1. The number of thiophene rings is 1. The highest BCUT2D eigenvalue weighted by Gasteiger charge is 2.32. The third-order valence-corrected chi connectivity index (χ3v) is 4.26. The van der Waals surface area contributed by atoms with Crippen molar-refractivity contribution in [3.05, 3.63) is 21.4 Å². The molecule has 2 nitrogen and oxygen atoms in total. The van der Waals surface area contributed by atoms with E-state index in [-0.39, 0.29) is 0 Å². The van der Waals surface area contributed by atoms with Gasteiger partial charge in [0.25, 0.3) is 0 Å². The van der Waals surface area contributed by atoms with Crippen molar-refractivity contribution in [2.24, 2.45) is 5.73 Å². The van der Waals surface area contributed by atoms with Crippen LogP contribution in [0, 0.1) is 13.8 Å². The molecule has 0 saturated heterocycles. The van der Waals surface area contributed by atoms with E-state index in [0.717, 1.165) is 12.6 Å². The Hall–Kier alpha value is -0.380. The predicted molar refractivity (Wildman–Crippen MR) is 66.4 cm³/mol. The topological polar surface area (TPSA) is 29.3 Å². The molecule has 0 amide bonds. The van der Waals surface area contributed by atoms with Crippen molar-refractivity contribution in [2.45, 2.75) is 38.8 Å². The van der Waals surface area contributed by atoms with Gasteiger partial charge in [-0.1, -0.05) is 0 Å². The van der Waals surface area contributed by atoms with Crippen molar-refractivity contribution in [3.63, 3.8) is 0 Å². The van der Waals surface area contributed by atoms with E-state index in [1.54, 1.807) is 0 Å². The van der Waals surface area contributed by atoms with Crippen molar-refractivity contribution in [2.75, 3.05) is 13.6 Å². The van der Waals surface area contributed by atoms with Crippen LogP contribution in [0.5, 0.6) is 0 Å². The van der Waals surface area contributed by atoms with Gasteiger partial charge in [0.1, 0.15) is 0 Å². The van der Waals surface area contributed by atoms with Crippen molar-refractivity contribution in [3.8, 4) is 0 Å². The Kier molecular flexibility index (Phi) is 3.14. The normalized spacial score (nSPS) is 18.5. The van der Waals surface area contributed by atoms with Gasteiger partial charge >= 0.3 is 0 Å². The fourth-order valence-electron chi connectivity index (χ4n) is 2.23. The van der Waals surface area contributed by atoms with Crippen LogP contribution >= 0.6 is 11.3 Å². The van der Waals surface area contributed by atoms with Gasteiger partial charge < -0.3 is 5.73 Å². The van der Waals surface area contributed by atoms with E-state index in [0.29, 0.717) is 6.04 Å². The van der Waals surface area contributed by atoms with Crippen LogP contribution in [-0.2, 0) is 0 Å². The van der Waals surface area contributed by atoms with E-state index in [1.807, 2.05) is 11.3 Å². The van der Waals surface area contributed by atoms with Crippen molar-refractivity contribution in [1.29, 1.82) is 0 Å². The van der Waals surface area contributed by atoms with Gasteiger partial charge in [-0.2, -0.15) is 0 Å². The second kappa shape index (κ2) is 4.24. The maximum Gasteiger partial charge on any atom is 0.0481 e. The quantitative estimate of drug-likeness (QED) is 0.851. The lowest BCUT2D eigenvalue weighted by molar-refractivity contribution is 0.240. The summed E-state index contributed by atoms with van der Waals surface area (Å²) in [5.41, 5.74) is 7.35. The van der Waals surface area contributed by atoms with E-state index in [1.165, 1.54) is 28.2 Å². The molecule has 1 atom stereocenters. The van der Waals surface area contributed by atoms with Gasteiger partial charge in [-0.25, -0.2) is 0 Å². The van der Waals surface area contributed by atoms with E-state index in [4.69, 9.17) is 5.73 Å². The summed E-state index contributed by atoms with van der Waals surface area (Å²) < 4.78 is 0. The zero-order chi connectivity index (χ0) is 11.0. The van der Waals surface area contributed by atoms with Crippen LogP contribution in [0.2, 0.25) is 0 Å². The zero-order valence-electron chi connectivity index (χ0n) is 9.79. The summed E-state index contributed by atoms with van der Waals surface area (Å²) >= 11 is 1.88. The Bertz CT molecular complexity index is 341. The Labute approximate surface area is 96.1 Å². The van der Waals surface area contributed by atoms with Crippen LogP contribution in [-0.4, -0.2) is 24.5 Å². The smallest absolute Gasteiger partial charge is 0.0481 e. The molecule has 1 aromatic rings. The largest absolute Gasteiger partial charge is 0.329 e. The minimum Gasteiger partial charge on any atom is -0.329 e. The summed E-state index contributed by atoms with van der Waals surface area (Å²) in [4.78, 5) is 5.27. The molecule has 0 aromatic carbocycles. The summed E-state index contributed by atoms with van der Waals surface area (Å²) in [6.45, 7) is 5.10. The fraction of sp³-hybridized carbons (Fsp3) is 0.667. The molecule has 1 fully saturated rings. The molecule has 1 aromatic heterocycles.